The van der Waals surface area contributed by atoms with Gasteiger partial charge in [-0.2, -0.15) is 0 Å². The van der Waals surface area contributed by atoms with Crippen molar-refractivity contribution in [2.24, 2.45) is 4.99 Å². The molecule has 0 bridgehead atoms. The zero-order valence-electron chi connectivity index (χ0n) is 18.3. The minimum Gasteiger partial charge on any atom is -0.357 e. The first-order chi connectivity index (χ1) is 14.7. The van der Waals surface area contributed by atoms with Gasteiger partial charge >= 0.3 is 0 Å². The maximum absolute atomic E-state index is 12.1. The highest BCUT2D eigenvalue weighted by atomic mass is 127. The molecule has 1 fully saturated rings. The average molecular weight is 535 g/mol. The Morgan fingerprint density at radius 1 is 0.903 bits per heavy atom. The summed E-state index contributed by atoms with van der Waals surface area (Å²) in [5, 5.41) is 9.44. The van der Waals surface area contributed by atoms with Crippen LogP contribution in [-0.4, -0.2) is 49.5 Å². The standard InChI is InChI=1S/C24H33N5O.HI/c1-2-25-24(27-15-14-26-23(30)22-8-4-3-5-9-22)28-18-20-10-12-21(13-11-20)19-29-16-6-7-17-29;/h3-5,8-13H,2,6-7,14-19H2,1H3,(H,26,30)(H2,25,27,28);1H. The largest absolute Gasteiger partial charge is 0.357 e. The fourth-order valence-electron chi connectivity index (χ4n) is 3.51. The van der Waals surface area contributed by atoms with Crippen molar-refractivity contribution in [2.75, 3.05) is 32.7 Å². The van der Waals surface area contributed by atoms with Crippen molar-refractivity contribution in [3.8, 4) is 0 Å². The van der Waals surface area contributed by atoms with E-state index in [0.717, 1.165) is 19.0 Å². The van der Waals surface area contributed by atoms with Crippen molar-refractivity contribution in [1.29, 1.82) is 0 Å². The van der Waals surface area contributed by atoms with Crippen molar-refractivity contribution < 1.29 is 4.79 Å². The highest BCUT2D eigenvalue weighted by Crippen LogP contribution is 2.13. The summed E-state index contributed by atoms with van der Waals surface area (Å²) in [7, 11) is 0. The fourth-order valence-corrected chi connectivity index (χ4v) is 3.51. The van der Waals surface area contributed by atoms with Gasteiger partial charge in [-0.25, -0.2) is 4.99 Å². The third kappa shape index (κ3) is 8.86. The molecule has 0 aromatic heterocycles. The maximum atomic E-state index is 12.1. The summed E-state index contributed by atoms with van der Waals surface area (Å²) in [4.78, 5) is 19.2. The first-order valence-electron chi connectivity index (χ1n) is 10.9. The van der Waals surface area contributed by atoms with Gasteiger partial charge in [0.1, 0.15) is 0 Å². The van der Waals surface area contributed by atoms with Crippen molar-refractivity contribution >= 4 is 35.8 Å². The van der Waals surface area contributed by atoms with E-state index in [0.29, 0.717) is 25.2 Å². The Bertz CT molecular complexity index is 804. The summed E-state index contributed by atoms with van der Waals surface area (Å²) in [5.41, 5.74) is 3.23. The van der Waals surface area contributed by atoms with Crippen LogP contribution in [0.1, 0.15) is 41.3 Å². The van der Waals surface area contributed by atoms with Gasteiger partial charge < -0.3 is 16.0 Å². The number of likely N-dealkylation sites (tertiary alicyclic amines) is 1. The summed E-state index contributed by atoms with van der Waals surface area (Å²) < 4.78 is 0. The zero-order chi connectivity index (χ0) is 21.0. The van der Waals surface area contributed by atoms with E-state index < -0.39 is 0 Å². The first kappa shape index (κ1) is 25.1. The molecular weight excluding hydrogens is 501 g/mol. The highest BCUT2D eigenvalue weighted by Gasteiger charge is 2.11. The van der Waals surface area contributed by atoms with E-state index >= 15 is 0 Å². The highest BCUT2D eigenvalue weighted by molar-refractivity contribution is 14.0. The van der Waals surface area contributed by atoms with Crippen molar-refractivity contribution in [1.82, 2.24) is 20.9 Å². The van der Waals surface area contributed by atoms with Crippen LogP contribution in [0.2, 0.25) is 0 Å². The molecule has 1 aliphatic rings. The molecule has 1 saturated heterocycles. The number of rotatable bonds is 9. The van der Waals surface area contributed by atoms with E-state index in [2.05, 4.69) is 50.1 Å². The smallest absolute Gasteiger partial charge is 0.251 e. The molecule has 3 rings (SSSR count). The van der Waals surface area contributed by atoms with Crippen LogP contribution in [0.4, 0.5) is 0 Å². The molecule has 2 aromatic rings. The van der Waals surface area contributed by atoms with Crippen molar-refractivity contribution in [2.45, 2.75) is 32.9 Å². The van der Waals surface area contributed by atoms with E-state index in [1.54, 1.807) is 0 Å². The number of benzene rings is 2. The van der Waals surface area contributed by atoms with Crippen molar-refractivity contribution in [3.05, 3.63) is 71.3 Å². The number of nitrogens with zero attached hydrogens (tertiary/aromatic N) is 2. The lowest BCUT2D eigenvalue weighted by molar-refractivity contribution is 0.0954. The number of nitrogens with one attached hydrogen (secondary N) is 3. The number of guanidine groups is 1. The molecule has 6 nitrogen and oxygen atoms in total. The van der Waals surface area contributed by atoms with E-state index in [4.69, 9.17) is 0 Å². The Morgan fingerprint density at radius 2 is 1.55 bits per heavy atom. The number of halogens is 1. The molecule has 7 heteroatoms. The molecule has 0 aliphatic carbocycles. The maximum Gasteiger partial charge on any atom is 0.251 e. The second kappa shape index (κ2) is 14.0. The molecule has 168 valence electrons. The summed E-state index contributed by atoms with van der Waals surface area (Å²) >= 11 is 0. The van der Waals surface area contributed by atoms with Gasteiger partial charge in [0.15, 0.2) is 5.96 Å². The molecule has 3 N–H and O–H groups in total. The monoisotopic (exact) mass is 535 g/mol. The Morgan fingerprint density at radius 3 is 2.23 bits per heavy atom. The lowest BCUT2D eigenvalue weighted by Gasteiger charge is -2.14. The summed E-state index contributed by atoms with van der Waals surface area (Å²) in [6.45, 7) is 8.07. The molecule has 0 spiro atoms. The van der Waals surface area contributed by atoms with Gasteiger partial charge in [-0.1, -0.05) is 42.5 Å². The van der Waals surface area contributed by atoms with Crippen LogP contribution in [0.5, 0.6) is 0 Å². The third-order valence-corrected chi connectivity index (χ3v) is 5.13. The van der Waals surface area contributed by atoms with Gasteiger partial charge in [0.2, 0.25) is 0 Å². The first-order valence-corrected chi connectivity index (χ1v) is 10.9. The van der Waals surface area contributed by atoms with Crippen LogP contribution in [0.15, 0.2) is 59.6 Å². The Labute approximate surface area is 202 Å². The van der Waals surface area contributed by atoms with Gasteiger partial charge in [0.25, 0.3) is 5.91 Å². The van der Waals surface area contributed by atoms with Gasteiger partial charge in [-0.3, -0.25) is 9.69 Å². The molecular formula is C24H34IN5O. The van der Waals surface area contributed by atoms with Crippen molar-refractivity contribution in [3.63, 3.8) is 0 Å². The third-order valence-electron chi connectivity index (χ3n) is 5.13. The summed E-state index contributed by atoms with van der Waals surface area (Å²) in [5.74, 6) is 0.695. The number of carbonyl (C=O) groups is 1. The second-order valence-electron chi connectivity index (χ2n) is 7.54. The predicted octanol–water partition coefficient (Wildman–Crippen LogP) is 3.39. The van der Waals surface area contributed by atoms with Crippen LogP contribution < -0.4 is 16.0 Å². The number of hydrogen-bond donors (Lipinski definition) is 3. The normalized spacial score (nSPS) is 14.0. The molecule has 31 heavy (non-hydrogen) atoms. The van der Waals surface area contributed by atoms with E-state index in [1.165, 1.54) is 37.1 Å². The molecule has 0 atom stereocenters. The minimum absolute atomic E-state index is 0. The lowest BCUT2D eigenvalue weighted by Crippen LogP contribution is -2.41. The molecule has 1 heterocycles. The minimum atomic E-state index is -0.0617. The molecule has 1 amide bonds. The van der Waals surface area contributed by atoms with Crippen LogP contribution >= 0.6 is 24.0 Å². The molecule has 0 saturated carbocycles. The second-order valence-corrected chi connectivity index (χ2v) is 7.54. The summed E-state index contributed by atoms with van der Waals surface area (Å²) in [6.07, 6.45) is 2.64. The van der Waals surface area contributed by atoms with Gasteiger partial charge in [-0.05, 0) is 56.1 Å². The molecule has 2 aromatic carbocycles. The van der Waals surface area contributed by atoms with Crippen LogP contribution in [-0.2, 0) is 13.1 Å². The Hall–Kier alpha value is -2.13. The molecule has 1 aliphatic heterocycles. The predicted molar refractivity (Wildman–Crippen MR) is 138 cm³/mol. The molecule has 0 unspecified atom stereocenters. The van der Waals surface area contributed by atoms with Gasteiger partial charge in [0.05, 0.1) is 6.54 Å². The number of carbonyl (C=O) groups excluding carboxylic acids is 1. The van der Waals surface area contributed by atoms with Crippen LogP contribution in [0.25, 0.3) is 0 Å². The van der Waals surface area contributed by atoms with Gasteiger partial charge in [0, 0.05) is 31.7 Å². The SMILES string of the molecule is CCNC(=NCc1ccc(CN2CCCC2)cc1)NCCNC(=O)c1ccccc1.I. The Kier molecular flexibility index (Phi) is 11.4. The van der Waals surface area contributed by atoms with Crippen LogP contribution in [0, 0.1) is 0 Å². The lowest BCUT2D eigenvalue weighted by atomic mass is 10.1. The number of amides is 1. The number of aliphatic imine (C=N–C) groups is 1. The van der Waals surface area contributed by atoms with E-state index in [9.17, 15) is 4.79 Å². The van der Waals surface area contributed by atoms with E-state index in [-0.39, 0.29) is 29.9 Å². The van der Waals surface area contributed by atoms with Crippen LogP contribution in [0.3, 0.4) is 0 Å². The topological polar surface area (TPSA) is 68.8 Å². The molecule has 0 radical (unpaired) electrons. The Balaban J connectivity index is 0.00000341. The van der Waals surface area contributed by atoms with E-state index in [1.807, 2.05) is 37.3 Å². The average Bonchev–Trinajstić information content (AvgIpc) is 3.29. The van der Waals surface area contributed by atoms with Gasteiger partial charge in [-0.15, -0.1) is 24.0 Å². The number of hydrogen-bond acceptors (Lipinski definition) is 3. The quantitative estimate of drug-likeness (QED) is 0.199. The summed E-state index contributed by atoms with van der Waals surface area (Å²) in [6, 6.07) is 18.0. The fraction of sp³-hybridized carbons (Fsp3) is 0.417. The zero-order valence-corrected chi connectivity index (χ0v) is 20.6.